The summed E-state index contributed by atoms with van der Waals surface area (Å²) < 4.78 is 0. The maximum absolute atomic E-state index is 12.3. The lowest BCUT2D eigenvalue weighted by Crippen LogP contribution is -2.48. The largest absolute Gasteiger partial charge is 0.481 e. The van der Waals surface area contributed by atoms with Crippen molar-refractivity contribution in [2.75, 3.05) is 41.4 Å². The number of likely N-dealkylation sites (N-methyl/N-ethyl adjacent to an activating group) is 1. The zero-order valence-corrected chi connectivity index (χ0v) is 28.4. The maximum atomic E-state index is 12.3. The number of carbonyl (C=O) groups is 7. The first-order valence-electron chi connectivity index (χ1n) is 15.6. The van der Waals surface area contributed by atoms with Gasteiger partial charge in [-0.15, -0.1) is 0 Å². The number of aromatic amines is 1. The molecule has 0 radical (unpaired) electrons. The third-order valence-electron chi connectivity index (χ3n) is 7.23. The highest BCUT2D eigenvalue weighted by Crippen LogP contribution is 2.25. The number of carbonyl (C=O) groups excluding carboxylic acids is 1. The first kappa shape index (κ1) is 44.5. The Kier molecular flexibility index (Phi) is 18.2. The van der Waals surface area contributed by atoms with Crippen LogP contribution in [0, 0.1) is 0 Å². The van der Waals surface area contributed by atoms with Crippen molar-refractivity contribution in [1.29, 1.82) is 0 Å². The van der Waals surface area contributed by atoms with Crippen molar-refractivity contribution in [3.8, 4) is 0 Å². The number of nitrogens with two attached hydrogens (primary N) is 3. The third kappa shape index (κ3) is 16.4. The lowest BCUT2D eigenvalue weighted by atomic mass is 10.1. The van der Waals surface area contributed by atoms with Crippen LogP contribution in [0.2, 0.25) is 0 Å². The van der Waals surface area contributed by atoms with Gasteiger partial charge in [-0.1, -0.05) is 0 Å². The predicted molar refractivity (Wildman–Crippen MR) is 186 cm³/mol. The summed E-state index contributed by atoms with van der Waals surface area (Å²) in [6, 6.07) is 2.91. The highest BCUT2D eigenvalue weighted by Gasteiger charge is 2.27. The van der Waals surface area contributed by atoms with Crippen molar-refractivity contribution in [2.24, 2.45) is 11.5 Å². The van der Waals surface area contributed by atoms with E-state index in [4.69, 9.17) is 42.7 Å². The van der Waals surface area contributed by atoms with Gasteiger partial charge in [-0.25, -0.2) is 4.79 Å². The first-order chi connectivity index (χ1) is 24.7. The van der Waals surface area contributed by atoms with Gasteiger partial charge in [0.1, 0.15) is 23.8 Å². The predicted octanol–water partition coefficient (Wildman–Crippen LogP) is -1.73. The molecule has 0 bridgehead atoms. The van der Waals surface area contributed by atoms with Crippen LogP contribution in [0.4, 0.5) is 23.1 Å². The van der Waals surface area contributed by atoms with Crippen molar-refractivity contribution >= 4 is 64.9 Å². The smallest absolute Gasteiger partial charge is 0.326 e. The Morgan fingerprint density at radius 3 is 1.77 bits per heavy atom. The summed E-state index contributed by atoms with van der Waals surface area (Å²) in [6.45, 7) is 1.01. The fraction of sp³-hybridized carbons (Fsp3) is 0.433. The van der Waals surface area contributed by atoms with Crippen LogP contribution in [-0.2, 0) is 28.8 Å². The number of rotatable bonds is 17. The van der Waals surface area contributed by atoms with Crippen LogP contribution in [-0.4, -0.2) is 127 Å². The molecule has 0 saturated heterocycles. The van der Waals surface area contributed by atoms with E-state index >= 15 is 0 Å². The SMILES string of the molecule is CN1c2c(nc(N)[nH]c2=O)NCC1CNc1ccc(C(=O)N[C@@H](CCC(=O)O)C(=O)O)cc1.N[C@@H](CCC(=O)O)C(=O)O.N[C@@H](CCC(=O)O)C(=O)O. The molecule has 1 aliphatic heterocycles. The second-order valence-corrected chi connectivity index (χ2v) is 11.3. The molecule has 1 aromatic heterocycles. The van der Waals surface area contributed by atoms with Crippen LogP contribution in [0.25, 0.3) is 0 Å². The Bertz CT molecular complexity index is 1630. The minimum absolute atomic E-state index is 0.0231. The number of anilines is 4. The van der Waals surface area contributed by atoms with E-state index in [9.17, 15) is 43.5 Å². The van der Waals surface area contributed by atoms with Crippen molar-refractivity contribution < 1.29 is 64.2 Å². The van der Waals surface area contributed by atoms with Crippen molar-refractivity contribution in [3.05, 3.63) is 40.2 Å². The van der Waals surface area contributed by atoms with E-state index in [0.717, 1.165) is 5.69 Å². The van der Waals surface area contributed by atoms with Crippen molar-refractivity contribution in [2.45, 2.75) is 62.7 Å². The standard InChI is InChI=1S/C20H25N7O6.2C5H9NO4/c1-27-12(9-23-16-15(27)18(31)26-20(21)25-16)8-22-11-4-2-10(3-5-11)17(30)24-13(19(32)33)6-7-14(28)29;2*6-3(5(9)10)1-2-4(7)8/h2-5,12-13,22H,6-9H2,1H3,(H,24,30)(H,28,29)(H,32,33)(H4,21,23,25,26,31);2*3H,1-2,6H2,(H,7,8)(H,9,10)/t12?,13-;2*3-/m000/s1. The molecular weight excluding hydrogens is 710 g/mol. The van der Waals surface area contributed by atoms with E-state index in [1.54, 1.807) is 19.2 Å². The number of nitrogen functional groups attached to an aromatic ring is 1. The number of carboxylic acids is 6. The molecule has 53 heavy (non-hydrogen) atoms. The molecule has 16 N–H and O–H groups in total. The number of aromatic nitrogens is 2. The Morgan fingerprint density at radius 1 is 0.830 bits per heavy atom. The van der Waals surface area contributed by atoms with Gasteiger partial charge in [-0.2, -0.15) is 4.98 Å². The second kappa shape index (κ2) is 21.7. The van der Waals surface area contributed by atoms with Gasteiger partial charge in [0.15, 0.2) is 5.82 Å². The average molecular weight is 754 g/mol. The van der Waals surface area contributed by atoms with Crippen LogP contribution < -0.4 is 43.6 Å². The number of nitrogens with zero attached hydrogens (tertiary/aromatic N) is 2. The van der Waals surface area contributed by atoms with E-state index in [-0.39, 0.29) is 61.6 Å². The Hall–Kier alpha value is -6.49. The summed E-state index contributed by atoms with van der Waals surface area (Å²) in [5.74, 6) is -6.98. The summed E-state index contributed by atoms with van der Waals surface area (Å²) in [7, 11) is 1.79. The topological polar surface area (TPSA) is 404 Å². The number of hydrogen-bond donors (Lipinski definition) is 13. The van der Waals surface area contributed by atoms with E-state index in [2.05, 4.69) is 25.9 Å². The van der Waals surface area contributed by atoms with Gasteiger partial charge in [0, 0.05) is 50.7 Å². The zero-order valence-electron chi connectivity index (χ0n) is 28.4. The molecule has 1 aromatic carbocycles. The zero-order chi connectivity index (χ0) is 40.4. The molecule has 23 heteroatoms. The molecule has 0 saturated carbocycles. The third-order valence-corrected chi connectivity index (χ3v) is 7.23. The lowest BCUT2D eigenvalue weighted by molar-refractivity contribution is -0.142. The number of benzene rings is 1. The lowest BCUT2D eigenvalue weighted by Gasteiger charge is -2.35. The second-order valence-electron chi connectivity index (χ2n) is 11.3. The number of fused-ring (bicyclic) bond motifs is 1. The van der Waals surface area contributed by atoms with Crippen LogP contribution >= 0.6 is 0 Å². The normalized spacial score (nSPS) is 14.5. The van der Waals surface area contributed by atoms with Crippen molar-refractivity contribution in [3.63, 3.8) is 0 Å². The number of nitrogens with one attached hydrogen (secondary N) is 4. The molecule has 1 amide bonds. The highest BCUT2D eigenvalue weighted by molar-refractivity contribution is 5.97. The molecule has 1 aliphatic rings. The fourth-order valence-electron chi connectivity index (χ4n) is 4.22. The summed E-state index contributed by atoms with van der Waals surface area (Å²) in [5, 5.41) is 59.1. The van der Waals surface area contributed by atoms with Crippen molar-refractivity contribution in [1.82, 2.24) is 15.3 Å². The van der Waals surface area contributed by atoms with Gasteiger partial charge in [0.05, 0.1) is 6.04 Å². The molecule has 23 nitrogen and oxygen atoms in total. The first-order valence-corrected chi connectivity index (χ1v) is 15.6. The Morgan fingerprint density at radius 2 is 1.32 bits per heavy atom. The van der Waals surface area contributed by atoms with E-state index in [0.29, 0.717) is 24.6 Å². The Balaban J connectivity index is 0.000000575. The van der Waals surface area contributed by atoms with E-state index < -0.39 is 59.8 Å². The average Bonchev–Trinajstić information content (AvgIpc) is 3.07. The molecule has 0 aliphatic carbocycles. The molecule has 0 fully saturated rings. The molecular formula is C30H43N9O14. The van der Waals surface area contributed by atoms with Crippen LogP contribution in [0.5, 0.6) is 0 Å². The summed E-state index contributed by atoms with van der Waals surface area (Å²) in [4.78, 5) is 94.6. The van der Waals surface area contributed by atoms with Crippen LogP contribution in [0.3, 0.4) is 0 Å². The number of aliphatic carboxylic acids is 6. The number of hydrogen-bond acceptors (Lipinski definition) is 15. The monoisotopic (exact) mass is 753 g/mol. The van der Waals surface area contributed by atoms with Crippen LogP contribution in [0.1, 0.15) is 48.9 Å². The van der Waals surface area contributed by atoms with Gasteiger partial charge in [0.2, 0.25) is 5.95 Å². The number of carboxylic acid groups (broad SMARTS) is 6. The van der Waals surface area contributed by atoms with Crippen LogP contribution in [0.15, 0.2) is 29.1 Å². The summed E-state index contributed by atoms with van der Waals surface area (Å²) in [5.41, 5.74) is 16.6. The van der Waals surface area contributed by atoms with E-state index in [1.807, 2.05) is 4.90 Å². The van der Waals surface area contributed by atoms with Gasteiger partial charge < -0.3 is 68.7 Å². The summed E-state index contributed by atoms with van der Waals surface area (Å²) >= 11 is 0. The van der Waals surface area contributed by atoms with Gasteiger partial charge in [-0.3, -0.25) is 38.5 Å². The summed E-state index contributed by atoms with van der Waals surface area (Å²) in [6.07, 6.45) is -1.03. The molecule has 3 rings (SSSR count). The molecule has 0 spiro atoms. The fourth-order valence-corrected chi connectivity index (χ4v) is 4.22. The van der Waals surface area contributed by atoms with Gasteiger partial charge in [0.25, 0.3) is 11.5 Å². The minimum atomic E-state index is -1.30. The molecule has 2 aromatic rings. The molecule has 1 unspecified atom stereocenters. The molecule has 4 atom stereocenters. The van der Waals surface area contributed by atoms with Gasteiger partial charge in [-0.05, 0) is 43.5 Å². The Labute approximate surface area is 300 Å². The minimum Gasteiger partial charge on any atom is -0.481 e. The number of amides is 1. The van der Waals surface area contributed by atoms with E-state index in [1.165, 1.54) is 12.1 Å². The molecule has 2 heterocycles. The molecule has 292 valence electrons. The maximum Gasteiger partial charge on any atom is 0.326 e. The quantitative estimate of drug-likeness (QED) is 0.0853. The van der Waals surface area contributed by atoms with Gasteiger partial charge >= 0.3 is 35.8 Å². The highest BCUT2D eigenvalue weighted by atomic mass is 16.4. The number of H-pyrrole nitrogens is 1.